The van der Waals surface area contributed by atoms with Crippen LogP contribution in [0.25, 0.3) is 21.9 Å². The molecule has 0 saturated heterocycles. The number of aromatic nitrogens is 2. The average Bonchev–Trinajstić information content (AvgIpc) is 3.64. The Balaban J connectivity index is 1.84. The molecule has 2 N–H and O–H groups in total. The van der Waals surface area contributed by atoms with Crippen molar-refractivity contribution < 1.29 is 50.4 Å². The fourth-order valence-electron chi connectivity index (χ4n) is 5.61. The summed E-state index contributed by atoms with van der Waals surface area (Å²) < 4.78 is 61.1. The first-order valence-electron chi connectivity index (χ1n) is 17.1. The van der Waals surface area contributed by atoms with E-state index in [1.807, 2.05) is 0 Å². The number of carbonyl (C=O) groups is 4. The highest BCUT2D eigenvalue weighted by Gasteiger charge is 2.52. The molecule has 3 aromatic rings. The average molecular weight is 774 g/mol. The van der Waals surface area contributed by atoms with Gasteiger partial charge in [0.2, 0.25) is 5.91 Å². The summed E-state index contributed by atoms with van der Waals surface area (Å²) in [4.78, 5) is 62.4. The van der Waals surface area contributed by atoms with Crippen LogP contribution in [0.15, 0.2) is 30.7 Å². The van der Waals surface area contributed by atoms with Gasteiger partial charge in [0.05, 0.1) is 30.4 Å². The Hall–Kier alpha value is -4.90. The number of anilines is 3. The first-order chi connectivity index (χ1) is 24.7. The number of rotatable bonds is 8. The molecule has 3 atom stereocenters. The van der Waals surface area contributed by atoms with Gasteiger partial charge in [-0.1, -0.05) is 6.92 Å². The number of benzene rings is 1. The lowest BCUT2D eigenvalue weighted by molar-refractivity contribution is -0.118. The van der Waals surface area contributed by atoms with Gasteiger partial charge in [-0.05, 0) is 104 Å². The van der Waals surface area contributed by atoms with Gasteiger partial charge in [-0.15, -0.1) is 0 Å². The van der Waals surface area contributed by atoms with Crippen molar-refractivity contribution in [1.82, 2.24) is 9.97 Å². The van der Waals surface area contributed by atoms with E-state index in [4.69, 9.17) is 18.4 Å². The van der Waals surface area contributed by atoms with Crippen LogP contribution in [-0.2, 0) is 33.3 Å². The third-order valence-electron chi connectivity index (χ3n) is 8.05. The van der Waals surface area contributed by atoms with E-state index in [-0.39, 0.29) is 57.7 Å². The van der Waals surface area contributed by atoms with E-state index in [0.29, 0.717) is 10.3 Å². The van der Waals surface area contributed by atoms with Gasteiger partial charge in [0.1, 0.15) is 22.6 Å². The predicted molar refractivity (Wildman–Crippen MR) is 200 cm³/mol. The number of imide groups is 1. The summed E-state index contributed by atoms with van der Waals surface area (Å²) in [6, 6.07) is 2.93. The first-order valence-corrected chi connectivity index (χ1v) is 19.0. The van der Waals surface area contributed by atoms with Crippen molar-refractivity contribution in [2.24, 2.45) is 17.8 Å². The summed E-state index contributed by atoms with van der Waals surface area (Å²) in [5.41, 5.74) is -2.97. The molecule has 0 radical (unpaired) electrons. The number of carbonyl (C=O) groups excluding carboxylic acids is 4. The standard InChI is InChI=1S/C37H48FN5O10S/c1-19-23(15-39-17-26(19)43(33(46)52-36(6,7)8)34(47)53-37(9,10)11)22-13-21-14-27(41-31(44)28-20(2)25(28)18-50-54(12,48)49)40-16-24(21)30(29(22)38)42-32(45)51-35(3,4)5/h13-17,20,25,28H,18H2,1-12H3,(H,42,45)(H,40,41,44)/t20?,25-,28-/m0/s1. The highest BCUT2D eigenvalue weighted by Crippen LogP contribution is 2.47. The third-order valence-corrected chi connectivity index (χ3v) is 8.61. The van der Waals surface area contributed by atoms with E-state index in [1.165, 1.54) is 30.7 Å². The van der Waals surface area contributed by atoms with E-state index in [2.05, 4.69) is 20.6 Å². The Morgan fingerprint density at radius 2 is 1.43 bits per heavy atom. The molecule has 1 aliphatic carbocycles. The number of hydrogen-bond acceptors (Lipinski definition) is 12. The quantitative estimate of drug-likeness (QED) is 0.169. The van der Waals surface area contributed by atoms with Crippen LogP contribution in [0.4, 0.5) is 36.0 Å². The molecule has 2 aromatic heterocycles. The molecule has 1 saturated carbocycles. The molecule has 1 fully saturated rings. The van der Waals surface area contributed by atoms with Crippen LogP contribution in [0.1, 0.15) is 74.8 Å². The Morgan fingerprint density at radius 3 is 1.96 bits per heavy atom. The molecule has 294 valence electrons. The van der Waals surface area contributed by atoms with Crippen LogP contribution < -0.4 is 15.5 Å². The number of halogens is 1. The van der Waals surface area contributed by atoms with E-state index < -0.39 is 62.8 Å². The summed E-state index contributed by atoms with van der Waals surface area (Å²) in [6.07, 6.45) is 1.74. The van der Waals surface area contributed by atoms with Gasteiger partial charge in [0.25, 0.3) is 10.1 Å². The maximum atomic E-state index is 16.8. The van der Waals surface area contributed by atoms with Crippen molar-refractivity contribution >= 4 is 62.3 Å². The molecule has 54 heavy (non-hydrogen) atoms. The molecule has 2 heterocycles. The molecule has 0 spiro atoms. The second kappa shape index (κ2) is 15.1. The van der Waals surface area contributed by atoms with Crippen molar-refractivity contribution in [2.75, 3.05) is 28.4 Å². The lowest BCUT2D eigenvalue weighted by Crippen LogP contribution is -2.44. The summed E-state index contributed by atoms with van der Waals surface area (Å²) in [5.74, 6) is -2.24. The number of amides is 4. The van der Waals surface area contributed by atoms with Crippen LogP contribution in [0.3, 0.4) is 0 Å². The Kier molecular flexibility index (Phi) is 11.7. The van der Waals surface area contributed by atoms with Crippen molar-refractivity contribution in [1.29, 1.82) is 0 Å². The minimum absolute atomic E-state index is 0.0483. The van der Waals surface area contributed by atoms with Gasteiger partial charge >= 0.3 is 18.3 Å². The second-order valence-corrected chi connectivity index (χ2v) is 17.8. The zero-order valence-electron chi connectivity index (χ0n) is 32.5. The van der Waals surface area contributed by atoms with Gasteiger partial charge in [-0.25, -0.2) is 23.8 Å². The fraction of sp³-hybridized carbons (Fsp3) is 0.514. The van der Waals surface area contributed by atoms with E-state index in [0.717, 1.165) is 6.26 Å². The van der Waals surface area contributed by atoms with Crippen LogP contribution in [0.2, 0.25) is 0 Å². The lowest BCUT2D eigenvalue weighted by atomic mass is 9.97. The Bertz CT molecular complexity index is 2060. The maximum absolute atomic E-state index is 16.8. The largest absolute Gasteiger partial charge is 0.444 e. The predicted octanol–water partition coefficient (Wildman–Crippen LogP) is 7.56. The smallest absolute Gasteiger partial charge is 0.424 e. The highest BCUT2D eigenvalue weighted by molar-refractivity contribution is 7.85. The van der Waals surface area contributed by atoms with Gasteiger partial charge < -0.3 is 19.5 Å². The molecule has 15 nitrogen and oxygen atoms in total. The molecule has 1 unspecified atom stereocenters. The van der Waals surface area contributed by atoms with Gasteiger partial charge in [0, 0.05) is 34.8 Å². The van der Waals surface area contributed by atoms with Gasteiger partial charge in [0.15, 0.2) is 5.82 Å². The maximum Gasteiger partial charge on any atom is 0.424 e. The zero-order chi connectivity index (χ0) is 40.7. The molecular formula is C37H48FN5O10S. The van der Waals surface area contributed by atoms with Crippen LogP contribution in [0.5, 0.6) is 0 Å². The van der Waals surface area contributed by atoms with Crippen molar-refractivity contribution in [2.45, 2.75) is 93.0 Å². The molecule has 0 aliphatic heterocycles. The van der Waals surface area contributed by atoms with Gasteiger partial charge in [-0.2, -0.15) is 13.3 Å². The summed E-state index contributed by atoms with van der Waals surface area (Å²) >= 11 is 0. The van der Waals surface area contributed by atoms with E-state index in [1.54, 1.807) is 76.2 Å². The zero-order valence-corrected chi connectivity index (χ0v) is 33.4. The Labute approximate surface area is 314 Å². The van der Waals surface area contributed by atoms with Crippen molar-refractivity contribution in [3.05, 3.63) is 42.1 Å². The van der Waals surface area contributed by atoms with Crippen molar-refractivity contribution in [3.8, 4) is 11.1 Å². The monoisotopic (exact) mass is 773 g/mol. The summed E-state index contributed by atoms with van der Waals surface area (Å²) in [7, 11) is -3.69. The molecule has 1 aromatic carbocycles. The molecule has 4 rings (SSSR count). The molecule has 17 heteroatoms. The number of hydrogen-bond donors (Lipinski definition) is 2. The summed E-state index contributed by atoms with van der Waals surface area (Å²) in [6.45, 7) is 17.9. The lowest BCUT2D eigenvalue weighted by Gasteiger charge is -2.29. The SMILES string of the molecule is Cc1c(-c2cc3cc(NC(=O)[C@H]4C(C)[C@@H]4COS(C)(=O)=O)ncc3c(NC(=O)OC(C)(C)C)c2F)cncc1N(C(=O)OC(C)(C)C)C(=O)OC(C)(C)C. The number of fused-ring (bicyclic) bond motifs is 1. The van der Waals surface area contributed by atoms with Gasteiger partial charge in [-0.3, -0.25) is 19.3 Å². The molecule has 1 aliphatic rings. The first kappa shape index (κ1) is 41.9. The normalized spacial score (nSPS) is 17.4. The van der Waals surface area contributed by atoms with Crippen LogP contribution in [-0.4, -0.2) is 72.2 Å². The van der Waals surface area contributed by atoms with Crippen molar-refractivity contribution in [3.63, 3.8) is 0 Å². The number of nitrogens with zero attached hydrogens (tertiary/aromatic N) is 3. The number of nitrogens with one attached hydrogen (secondary N) is 2. The number of ether oxygens (including phenoxy) is 3. The molecular weight excluding hydrogens is 725 g/mol. The highest BCUT2D eigenvalue weighted by atomic mass is 32.2. The van der Waals surface area contributed by atoms with E-state index >= 15 is 4.39 Å². The minimum Gasteiger partial charge on any atom is -0.444 e. The minimum atomic E-state index is -3.69. The number of pyridine rings is 2. The fourth-order valence-corrected chi connectivity index (χ4v) is 6.01. The molecule has 0 bridgehead atoms. The van der Waals surface area contributed by atoms with Crippen LogP contribution >= 0.6 is 0 Å². The molecule has 4 amide bonds. The Morgan fingerprint density at radius 1 is 0.852 bits per heavy atom. The third kappa shape index (κ3) is 10.6. The van der Waals surface area contributed by atoms with E-state index in [9.17, 15) is 27.6 Å². The van der Waals surface area contributed by atoms with Crippen LogP contribution in [0, 0.1) is 30.5 Å². The second-order valence-electron chi connectivity index (χ2n) is 16.2. The topological polar surface area (TPSA) is 192 Å². The summed E-state index contributed by atoms with van der Waals surface area (Å²) in [5, 5.41) is 5.70.